The van der Waals surface area contributed by atoms with Crippen LogP contribution in [0.1, 0.15) is 58.6 Å². The van der Waals surface area contributed by atoms with E-state index < -0.39 is 23.5 Å². The Morgan fingerprint density at radius 2 is 1.75 bits per heavy atom. The third-order valence-corrected chi connectivity index (χ3v) is 4.22. The fraction of sp³-hybridized carbons (Fsp3) is 0.409. The summed E-state index contributed by atoms with van der Waals surface area (Å²) in [4.78, 5) is 25.8. The number of allylic oxidation sites excluding steroid dienone is 2. The second-order valence-corrected chi connectivity index (χ2v) is 7.59. The average molecular weight is 382 g/mol. The molecule has 1 heterocycles. The molecule has 1 N–H and O–H groups in total. The van der Waals surface area contributed by atoms with Crippen LogP contribution in [0.2, 0.25) is 0 Å². The summed E-state index contributed by atoms with van der Waals surface area (Å²) < 4.78 is 10.9. The van der Waals surface area contributed by atoms with Gasteiger partial charge >= 0.3 is 11.9 Å². The van der Waals surface area contributed by atoms with Gasteiger partial charge in [-0.3, -0.25) is 0 Å². The van der Waals surface area contributed by atoms with Crippen molar-refractivity contribution >= 4 is 11.9 Å². The molecule has 1 aliphatic rings. The molecule has 6 heteroatoms. The predicted octanol–water partition coefficient (Wildman–Crippen LogP) is 3.70. The van der Waals surface area contributed by atoms with Crippen LogP contribution in [0.15, 0.2) is 46.8 Å². The fourth-order valence-electron chi connectivity index (χ4n) is 3.20. The highest BCUT2D eigenvalue weighted by molar-refractivity contribution is 6.00. The lowest BCUT2D eigenvalue weighted by atomic mass is 9.80. The van der Waals surface area contributed by atoms with Crippen LogP contribution in [0.5, 0.6) is 0 Å². The third-order valence-electron chi connectivity index (χ3n) is 4.22. The maximum Gasteiger partial charge on any atom is 0.337 e. The fourth-order valence-corrected chi connectivity index (χ4v) is 3.20. The standard InChI is InChI=1S/C22H26N2O4/c1-7-27-20(25)17-13(2)24-14(3)18(21(26)28-22(4,5)6)19(17)16-10-8-9-15(11-16)12-23/h8-11,19,24H,7H2,1-6H3. The molecule has 2 rings (SSSR count). The smallest absolute Gasteiger partial charge is 0.337 e. The van der Waals surface area contributed by atoms with Gasteiger partial charge in [-0.15, -0.1) is 0 Å². The molecule has 0 spiro atoms. The van der Waals surface area contributed by atoms with Gasteiger partial charge in [-0.25, -0.2) is 9.59 Å². The topological polar surface area (TPSA) is 88.4 Å². The van der Waals surface area contributed by atoms with E-state index in [2.05, 4.69) is 11.4 Å². The average Bonchev–Trinajstić information content (AvgIpc) is 2.59. The second-order valence-electron chi connectivity index (χ2n) is 7.59. The van der Waals surface area contributed by atoms with Gasteiger partial charge in [0.25, 0.3) is 0 Å². The Morgan fingerprint density at radius 3 is 2.29 bits per heavy atom. The Kier molecular flexibility index (Phi) is 6.30. The molecule has 0 aromatic heterocycles. The van der Waals surface area contributed by atoms with Crippen molar-refractivity contribution < 1.29 is 19.1 Å². The molecule has 0 bridgehead atoms. The van der Waals surface area contributed by atoms with Gasteiger partial charge < -0.3 is 14.8 Å². The van der Waals surface area contributed by atoms with Gasteiger partial charge in [0.15, 0.2) is 0 Å². The van der Waals surface area contributed by atoms with Crippen molar-refractivity contribution in [2.45, 2.75) is 53.1 Å². The Bertz CT molecular complexity index is 898. The van der Waals surface area contributed by atoms with Crippen molar-refractivity contribution in [1.82, 2.24) is 5.32 Å². The normalized spacial score (nSPS) is 17.0. The van der Waals surface area contributed by atoms with E-state index in [1.807, 2.05) is 0 Å². The molecule has 148 valence electrons. The van der Waals surface area contributed by atoms with Crippen molar-refractivity contribution in [1.29, 1.82) is 5.26 Å². The minimum Gasteiger partial charge on any atom is -0.463 e. The number of ether oxygens (including phenoxy) is 2. The van der Waals surface area contributed by atoms with Crippen LogP contribution in [-0.2, 0) is 19.1 Å². The quantitative estimate of drug-likeness (QED) is 0.799. The number of nitriles is 1. The number of carbonyl (C=O) groups is 2. The van der Waals surface area contributed by atoms with Crippen LogP contribution in [0, 0.1) is 11.3 Å². The summed E-state index contributed by atoms with van der Waals surface area (Å²) in [6.45, 7) is 10.8. The van der Waals surface area contributed by atoms with Gasteiger partial charge in [0.1, 0.15) is 5.60 Å². The second kappa shape index (κ2) is 8.30. The zero-order valence-corrected chi connectivity index (χ0v) is 17.2. The summed E-state index contributed by atoms with van der Waals surface area (Å²) in [5.74, 6) is -1.71. The Balaban J connectivity index is 2.67. The summed E-state index contributed by atoms with van der Waals surface area (Å²) in [6.07, 6.45) is 0. The number of hydrogen-bond acceptors (Lipinski definition) is 6. The maximum absolute atomic E-state index is 13.0. The number of nitrogens with one attached hydrogen (secondary N) is 1. The summed E-state index contributed by atoms with van der Waals surface area (Å²) in [5, 5.41) is 12.4. The number of carbonyl (C=O) groups excluding carboxylic acids is 2. The SMILES string of the molecule is CCOC(=O)C1=C(C)NC(C)=C(C(=O)OC(C)(C)C)C1c1cccc(C#N)c1. The van der Waals surface area contributed by atoms with E-state index in [1.165, 1.54) is 0 Å². The van der Waals surface area contributed by atoms with Crippen LogP contribution in [0.3, 0.4) is 0 Å². The molecule has 0 radical (unpaired) electrons. The van der Waals surface area contributed by atoms with Crippen LogP contribution in [0.4, 0.5) is 0 Å². The van der Waals surface area contributed by atoms with Crippen molar-refractivity contribution in [3.8, 4) is 6.07 Å². The number of hydrogen-bond donors (Lipinski definition) is 1. The van der Waals surface area contributed by atoms with Crippen LogP contribution >= 0.6 is 0 Å². The molecule has 28 heavy (non-hydrogen) atoms. The van der Waals surface area contributed by atoms with Crippen molar-refractivity contribution in [3.05, 3.63) is 57.9 Å². The van der Waals surface area contributed by atoms with E-state index in [9.17, 15) is 14.9 Å². The molecule has 1 aliphatic heterocycles. The molecule has 0 saturated carbocycles. The summed E-state index contributed by atoms with van der Waals surface area (Å²) >= 11 is 0. The summed E-state index contributed by atoms with van der Waals surface area (Å²) in [7, 11) is 0. The van der Waals surface area contributed by atoms with Gasteiger partial charge in [-0.05, 0) is 59.2 Å². The predicted molar refractivity (Wildman–Crippen MR) is 105 cm³/mol. The van der Waals surface area contributed by atoms with E-state index in [1.54, 1.807) is 65.8 Å². The highest BCUT2D eigenvalue weighted by Gasteiger charge is 2.39. The Hall–Kier alpha value is -3.07. The summed E-state index contributed by atoms with van der Waals surface area (Å²) in [5.41, 5.74) is 2.29. The van der Waals surface area contributed by atoms with Crippen LogP contribution in [0.25, 0.3) is 0 Å². The first-order chi connectivity index (χ1) is 13.1. The molecule has 1 atom stereocenters. The molecule has 0 fully saturated rings. The number of nitrogens with zero attached hydrogens (tertiary/aromatic N) is 1. The minimum absolute atomic E-state index is 0.213. The zero-order chi connectivity index (χ0) is 21.1. The lowest BCUT2D eigenvalue weighted by Crippen LogP contribution is -2.35. The minimum atomic E-state index is -0.691. The highest BCUT2D eigenvalue weighted by Crippen LogP contribution is 2.40. The van der Waals surface area contributed by atoms with E-state index in [-0.39, 0.29) is 6.61 Å². The van der Waals surface area contributed by atoms with Crippen LogP contribution < -0.4 is 5.32 Å². The van der Waals surface area contributed by atoms with E-state index in [4.69, 9.17) is 9.47 Å². The lowest BCUT2D eigenvalue weighted by Gasteiger charge is -2.32. The Labute approximate surface area is 165 Å². The number of rotatable bonds is 4. The van der Waals surface area contributed by atoms with E-state index in [0.717, 1.165) is 0 Å². The van der Waals surface area contributed by atoms with Gasteiger partial charge in [-0.2, -0.15) is 5.26 Å². The zero-order valence-electron chi connectivity index (χ0n) is 17.2. The molecule has 0 saturated heterocycles. The number of benzene rings is 1. The number of esters is 2. The van der Waals surface area contributed by atoms with Crippen LogP contribution in [-0.4, -0.2) is 24.1 Å². The molecular formula is C22H26N2O4. The first-order valence-electron chi connectivity index (χ1n) is 9.18. The van der Waals surface area contributed by atoms with Crippen molar-refractivity contribution in [2.75, 3.05) is 6.61 Å². The number of dihydropyridines is 1. The monoisotopic (exact) mass is 382 g/mol. The molecule has 1 aromatic rings. The molecule has 0 aliphatic carbocycles. The first-order valence-corrected chi connectivity index (χ1v) is 9.18. The molecular weight excluding hydrogens is 356 g/mol. The van der Waals surface area contributed by atoms with E-state index in [0.29, 0.717) is 33.7 Å². The van der Waals surface area contributed by atoms with Gasteiger partial charge in [0.05, 0.1) is 35.3 Å². The largest absolute Gasteiger partial charge is 0.463 e. The molecule has 1 aromatic carbocycles. The molecule has 6 nitrogen and oxygen atoms in total. The highest BCUT2D eigenvalue weighted by atomic mass is 16.6. The summed E-state index contributed by atoms with van der Waals surface area (Å²) in [6, 6.07) is 8.98. The molecule has 1 unspecified atom stereocenters. The van der Waals surface area contributed by atoms with Gasteiger partial charge in [0.2, 0.25) is 0 Å². The lowest BCUT2D eigenvalue weighted by molar-refractivity contribution is -0.150. The Morgan fingerprint density at radius 1 is 1.14 bits per heavy atom. The first kappa shape index (κ1) is 21.2. The van der Waals surface area contributed by atoms with Gasteiger partial charge in [-0.1, -0.05) is 12.1 Å². The maximum atomic E-state index is 13.0. The van der Waals surface area contributed by atoms with E-state index >= 15 is 0 Å². The van der Waals surface area contributed by atoms with Crippen molar-refractivity contribution in [2.24, 2.45) is 0 Å². The van der Waals surface area contributed by atoms with Gasteiger partial charge in [0, 0.05) is 11.4 Å². The molecule has 0 amide bonds. The van der Waals surface area contributed by atoms with Crippen molar-refractivity contribution in [3.63, 3.8) is 0 Å². The third kappa shape index (κ3) is 4.61.